The van der Waals surface area contributed by atoms with Crippen LogP contribution in [-0.2, 0) is 11.2 Å². The van der Waals surface area contributed by atoms with Gasteiger partial charge in [-0.15, -0.1) is 0 Å². The lowest BCUT2D eigenvalue weighted by atomic mass is 9.94. The topological polar surface area (TPSA) is 62.2 Å². The Bertz CT molecular complexity index is 348. The van der Waals surface area contributed by atoms with Crippen LogP contribution in [0.25, 0.3) is 0 Å². The van der Waals surface area contributed by atoms with Crippen LogP contribution >= 0.6 is 0 Å². The van der Waals surface area contributed by atoms with Crippen molar-refractivity contribution in [2.24, 2.45) is 0 Å². The summed E-state index contributed by atoms with van der Waals surface area (Å²) in [4.78, 5) is 14.5. The molecule has 0 atom stereocenters. The van der Waals surface area contributed by atoms with Crippen LogP contribution < -0.4 is 5.32 Å². The first kappa shape index (κ1) is 9.15. The van der Waals surface area contributed by atoms with E-state index in [9.17, 15) is 4.79 Å². The molecule has 1 aromatic rings. The van der Waals surface area contributed by atoms with Gasteiger partial charge < -0.3 is 10.4 Å². The fourth-order valence-electron chi connectivity index (χ4n) is 1.53. The summed E-state index contributed by atoms with van der Waals surface area (Å²) in [6.07, 6.45) is 3.49. The van der Waals surface area contributed by atoms with Crippen molar-refractivity contribution in [2.45, 2.75) is 12.3 Å². The predicted octanol–water partition coefficient (Wildman–Crippen LogP) is 0.396. The molecule has 0 spiro atoms. The van der Waals surface area contributed by atoms with Crippen molar-refractivity contribution >= 4 is 5.97 Å². The average molecular weight is 192 g/mol. The number of carbonyl (C=O) groups is 1. The van der Waals surface area contributed by atoms with Crippen molar-refractivity contribution in [1.82, 2.24) is 10.3 Å². The van der Waals surface area contributed by atoms with Crippen LogP contribution in [0.2, 0.25) is 0 Å². The Morgan fingerprint density at radius 2 is 2.36 bits per heavy atom. The van der Waals surface area contributed by atoms with Gasteiger partial charge in [0.15, 0.2) is 0 Å². The Morgan fingerprint density at radius 3 is 2.93 bits per heavy atom. The van der Waals surface area contributed by atoms with Gasteiger partial charge in [0.05, 0.1) is 6.42 Å². The summed E-state index contributed by atoms with van der Waals surface area (Å²) in [6, 6.07) is 1.94. The van der Waals surface area contributed by atoms with Gasteiger partial charge in [0, 0.05) is 31.4 Å². The number of pyridine rings is 1. The van der Waals surface area contributed by atoms with Crippen molar-refractivity contribution in [1.29, 1.82) is 0 Å². The highest BCUT2D eigenvalue weighted by Gasteiger charge is 2.19. The van der Waals surface area contributed by atoms with Crippen molar-refractivity contribution in [2.75, 3.05) is 13.1 Å². The molecular weight excluding hydrogens is 180 g/mol. The molecule has 2 rings (SSSR count). The molecule has 2 N–H and O–H groups in total. The first-order chi connectivity index (χ1) is 6.75. The molecule has 0 bridgehead atoms. The third-order valence-electron chi connectivity index (χ3n) is 2.42. The molecular formula is C10H12N2O2. The molecule has 1 aliphatic rings. The Labute approximate surface area is 82.0 Å². The monoisotopic (exact) mass is 192 g/mol. The van der Waals surface area contributed by atoms with Gasteiger partial charge in [-0.2, -0.15) is 0 Å². The van der Waals surface area contributed by atoms with Crippen molar-refractivity contribution < 1.29 is 9.90 Å². The minimum atomic E-state index is -0.810. The molecule has 0 saturated carbocycles. The molecule has 0 amide bonds. The zero-order chi connectivity index (χ0) is 9.97. The number of rotatable bonds is 3. The fraction of sp³-hybridized carbons (Fsp3) is 0.400. The smallest absolute Gasteiger partial charge is 0.307 e. The van der Waals surface area contributed by atoms with Gasteiger partial charge >= 0.3 is 5.97 Å². The van der Waals surface area contributed by atoms with Gasteiger partial charge in [-0.25, -0.2) is 0 Å². The molecule has 0 unspecified atom stereocenters. The predicted molar refractivity (Wildman–Crippen MR) is 51.2 cm³/mol. The van der Waals surface area contributed by atoms with Crippen LogP contribution in [0.15, 0.2) is 18.5 Å². The summed E-state index contributed by atoms with van der Waals surface area (Å²) >= 11 is 0. The van der Waals surface area contributed by atoms with E-state index in [1.54, 1.807) is 6.20 Å². The lowest BCUT2D eigenvalue weighted by Crippen LogP contribution is -2.39. The van der Waals surface area contributed by atoms with Gasteiger partial charge in [0.2, 0.25) is 0 Å². The maximum absolute atomic E-state index is 10.5. The highest BCUT2D eigenvalue weighted by atomic mass is 16.4. The van der Waals surface area contributed by atoms with E-state index in [-0.39, 0.29) is 6.42 Å². The highest BCUT2D eigenvalue weighted by Crippen LogP contribution is 2.19. The quantitative estimate of drug-likeness (QED) is 0.727. The number of nitrogens with zero attached hydrogens (tertiary/aromatic N) is 1. The maximum atomic E-state index is 10.5. The molecule has 74 valence electrons. The highest BCUT2D eigenvalue weighted by molar-refractivity contribution is 5.70. The Hall–Kier alpha value is -1.42. The second-order valence-corrected chi connectivity index (χ2v) is 3.55. The third kappa shape index (κ3) is 1.90. The molecule has 0 aliphatic carbocycles. The van der Waals surface area contributed by atoms with E-state index in [1.165, 1.54) is 0 Å². The number of nitrogens with one attached hydrogen (secondary N) is 1. The molecule has 4 nitrogen and oxygen atoms in total. The summed E-state index contributed by atoms with van der Waals surface area (Å²) < 4.78 is 0. The molecule has 2 heterocycles. The zero-order valence-electron chi connectivity index (χ0n) is 7.73. The molecule has 14 heavy (non-hydrogen) atoms. The minimum Gasteiger partial charge on any atom is -0.481 e. The van der Waals surface area contributed by atoms with Crippen molar-refractivity contribution in [3.63, 3.8) is 0 Å². The number of aromatic nitrogens is 1. The van der Waals surface area contributed by atoms with E-state index in [1.807, 2.05) is 12.3 Å². The zero-order valence-corrected chi connectivity index (χ0v) is 7.73. The van der Waals surface area contributed by atoms with Crippen LogP contribution in [0, 0.1) is 0 Å². The summed E-state index contributed by atoms with van der Waals surface area (Å²) in [5.41, 5.74) is 1.92. The maximum Gasteiger partial charge on any atom is 0.307 e. The SMILES string of the molecule is O=C(O)Cc1cncc(C2CNC2)c1. The van der Waals surface area contributed by atoms with Crippen molar-refractivity contribution in [3.8, 4) is 0 Å². The normalized spacial score (nSPS) is 16.3. The molecule has 4 heteroatoms. The number of carboxylic acid groups (broad SMARTS) is 1. The average Bonchev–Trinajstić information content (AvgIpc) is 1.99. The Morgan fingerprint density at radius 1 is 1.57 bits per heavy atom. The van der Waals surface area contributed by atoms with Crippen LogP contribution in [0.4, 0.5) is 0 Å². The summed E-state index contributed by atoms with van der Waals surface area (Å²) in [7, 11) is 0. The second kappa shape index (κ2) is 3.75. The first-order valence-electron chi connectivity index (χ1n) is 4.62. The van der Waals surface area contributed by atoms with Gasteiger partial charge in [-0.1, -0.05) is 6.07 Å². The van der Waals surface area contributed by atoms with Crippen LogP contribution in [0.5, 0.6) is 0 Å². The minimum absolute atomic E-state index is 0.0565. The summed E-state index contributed by atoms with van der Waals surface area (Å²) in [6.45, 7) is 1.94. The van der Waals surface area contributed by atoms with E-state index in [0.717, 1.165) is 24.2 Å². The lowest BCUT2D eigenvalue weighted by Gasteiger charge is -2.27. The fourth-order valence-corrected chi connectivity index (χ4v) is 1.53. The van der Waals surface area contributed by atoms with E-state index in [0.29, 0.717) is 5.92 Å². The number of hydrogen-bond donors (Lipinski definition) is 2. The van der Waals surface area contributed by atoms with E-state index >= 15 is 0 Å². The van der Waals surface area contributed by atoms with E-state index in [4.69, 9.17) is 5.11 Å². The van der Waals surface area contributed by atoms with Gasteiger partial charge in [-0.05, 0) is 11.1 Å². The second-order valence-electron chi connectivity index (χ2n) is 3.55. The van der Waals surface area contributed by atoms with Crippen LogP contribution in [0.1, 0.15) is 17.0 Å². The number of aliphatic carboxylic acids is 1. The molecule has 0 aromatic carbocycles. The van der Waals surface area contributed by atoms with Crippen molar-refractivity contribution in [3.05, 3.63) is 29.6 Å². The van der Waals surface area contributed by atoms with E-state index in [2.05, 4.69) is 10.3 Å². The Kier molecular flexibility index (Phi) is 2.45. The summed E-state index contributed by atoms with van der Waals surface area (Å²) in [5.74, 6) is -0.299. The third-order valence-corrected chi connectivity index (χ3v) is 2.42. The largest absolute Gasteiger partial charge is 0.481 e. The van der Waals surface area contributed by atoms with Crippen LogP contribution in [0.3, 0.4) is 0 Å². The number of hydrogen-bond acceptors (Lipinski definition) is 3. The van der Waals surface area contributed by atoms with Gasteiger partial charge in [0.25, 0.3) is 0 Å². The first-order valence-corrected chi connectivity index (χ1v) is 4.62. The standard InChI is InChI=1S/C10H12N2O2/c13-10(14)2-7-1-8(4-11-3-7)9-5-12-6-9/h1,3-4,9,12H,2,5-6H2,(H,13,14). The number of carboxylic acids is 1. The molecule has 1 aromatic heterocycles. The molecule has 0 radical (unpaired) electrons. The molecule has 1 fully saturated rings. The lowest BCUT2D eigenvalue weighted by molar-refractivity contribution is -0.136. The van der Waals surface area contributed by atoms with Crippen LogP contribution in [-0.4, -0.2) is 29.1 Å². The van der Waals surface area contributed by atoms with Gasteiger partial charge in [-0.3, -0.25) is 9.78 Å². The van der Waals surface area contributed by atoms with E-state index < -0.39 is 5.97 Å². The Balaban J connectivity index is 2.13. The van der Waals surface area contributed by atoms with Gasteiger partial charge in [0.1, 0.15) is 0 Å². The molecule has 1 aliphatic heterocycles. The molecule has 1 saturated heterocycles. The summed E-state index contributed by atoms with van der Waals surface area (Å²) in [5, 5.41) is 11.8.